The minimum atomic E-state index is -1.46. The molecule has 0 atom stereocenters. The Morgan fingerprint density at radius 1 is 0.254 bits per heavy atom. The van der Waals surface area contributed by atoms with Crippen molar-refractivity contribution in [2.24, 2.45) is 0 Å². The van der Waals surface area contributed by atoms with Gasteiger partial charge in [-0.15, -0.1) is 0 Å². The highest BCUT2D eigenvalue weighted by Gasteiger charge is 2.15. The first-order chi connectivity index (χ1) is 31.1. The van der Waals surface area contributed by atoms with E-state index in [1.54, 1.807) is 12.1 Å². The predicted molar refractivity (Wildman–Crippen MR) is 257 cm³/mol. The molecular weight excluding hydrogens is 771 g/mol. The van der Waals surface area contributed by atoms with Crippen molar-refractivity contribution in [3.05, 3.63) is 237 Å². The molecule has 7 heteroatoms. The van der Waals surface area contributed by atoms with Gasteiger partial charge in [-0.1, -0.05) is 224 Å². The van der Waals surface area contributed by atoms with Crippen LogP contribution >= 0.6 is 0 Å². The zero-order valence-electron chi connectivity index (χ0n) is 34.3. The Morgan fingerprint density at radius 2 is 0.556 bits per heavy atom. The second-order valence-electron chi connectivity index (χ2n) is 14.9. The van der Waals surface area contributed by atoms with Gasteiger partial charge in [0.15, 0.2) is 11.6 Å². The molecule has 8 aromatic carbocycles. The molecule has 0 fully saturated rings. The maximum absolute atomic E-state index is 9.30. The van der Waals surface area contributed by atoms with Crippen molar-refractivity contribution in [1.29, 1.82) is 0 Å². The van der Waals surface area contributed by atoms with E-state index in [4.69, 9.17) is 19.9 Å². The molecule has 300 valence electrons. The van der Waals surface area contributed by atoms with E-state index in [1.807, 2.05) is 127 Å². The van der Waals surface area contributed by atoms with Crippen LogP contribution in [-0.4, -0.2) is 37.1 Å². The monoisotopic (exact) mass is 812 g/mol. The van der Waals surface area contributed by atoms with Crippen molar-refractivity contribution in [3.63, 3.8) is 0 Å². The normalized spacial score (nSPS) is 10.7. The van der Waals surface area contributed by atoms with Gasteiger partial charge in [-0.3, -0.25) is 0 Å². The topological polar surface area (TPSA) is 92.0 Å². The summed E-state index contributed by atoms with van der Waals surface area (Å²) in [5.74, 6) is 1.40. The zero-order chi connectivity index (χ0) is 42.8. The molecule has 6 nitrogen and oxygen atoms in total. The molecule has 0 saturated heterocycles. The van der Waals surface area contributed by atoms with Crippen molar-refractivity contribution >= 4 is 12.6 Å². The standard InChI is InChI=1S/C28H21BN2O2.C28H20N2/c32-29(33)25-17-15-21(16-18-25)20-11-13-24(14-12-20)28-30-26(22-7-3-1-4-8-22)19-27(31-28)23-9-5-2-6-10-23;1-4-12-21(13-5-1)24-18-10-11-19-25(24)28-29-26(22-14-6-2-7-15-22)20-27(30-28)23-16-8-3-9-17-23/h1-19,32-33H;1-20H. The van der Waals surface area contributed by atoms with Gasteiger partial charge in [0.2, 0.25) is 0 Å². The third-order valence-corrected chi connectivity index (χ3v) is 10.7. The lowest BCUT2D eigenvalue weighted by molar-refractivity contribution is 0.426. The van der Waals surface area contributed by atoms with Crippen LogP contribution in [0.2, 0.25) is 0 Å². The average molecular weight is 813 g/mol. The first-order valence-corrected chi connectivity index (χ1v) is 20.8. The lowest BCUT2D eigenvalue weighted by Gasteiger charge is -2.12. The van der Waals surface area contributed by atoms with Crippen LogP contribution in [0.4, 0.5) is 0 Å². The van der Waals surface area contributed by atoms with E-state index in [0.717, 1.165) is 84.2 Å². The number of nitrogens with zero attached hydrogens (tertiary/aromatic N) is 4. The van der Waals surface area contributed by atoms with Crippen LogP contribution in [0.25, 0.3) is 90.1 Å². The first-order valence-electron chi connectivity index (χ1n) is 20.8. The van der Waals surface area contributed by atoms with Crippen LogP contribution in [0.15, 0.2) is 237 Å². The van der Waals surface area contributed by atoms with Crippen LogP contribution in [0.5, 0.6) is 0 Å². The summed E-state index contributed by atoms with van der Waals surface area (Å²) < 4.78 is 0. The van der Waals surface area contributed by atoms with E-state index in [-0.39, 0.29) is 0 Å². The second-order valence-corrected chi connectivity index (χ2v) is 14.9. The van der Waals surface area contributed by atoms with Gasteiger partial charge in [-0.05, 0) is 39.8 Å². The molecule has 0 unspecified atom stereocenters. The molecule has 2 N–H and O–H groups in total. The Hall–Kier alpha value is -8.10. The molecule has 10 aromatic rings. The quantitative estimate of drug-likeness (QED) is 0.141. The summed E-state index contributed by atoms with van der Waals surface area (Å²) in [4.78, 5) is 19.7. The smallest absolute Gasteiger partial charge is 0.423 e. The summed E-state index contributed by atoms with van der Waals surface area (Å²) >= 11 is 0. The number of hydrogen-bond acceptors (Lipinski definition) is 6. The lowest BCUT2D eigenvalue weighted by Crippen LogP contribution is -2.29. The molecule has 0 aliphatic carbocycles. The van der Waals surface area contributed by atoms with Crippen LogP contribution < -0.4 is 5.46 Å². The number of aromatic nitrogens is 4. The van der Waals surface area contributed by atoms with Crippen molar-refractivity contribution < 1.29 is 10.0 Å². The highest BCUT2D eigenvalue weighted by molar-refractivity contribution is 6.58. The fraction of sp³-hybridized carbons (Fsp3) is 0. The molecule has 0 spiro atoms. The minimum Gasteiger partial charge on any atom is -0.423 e. The van der Waals surface area contributed by atoms with Crippen LogP contribution in [-0.2, 0) is 0 Å². The number of rotatable bonds is 9. The Bertz CT molecular complexity index is 2930. The molecule has 0 saturated carbocycles. The van der Waals surface area contributed by atoms with E-state index in [1.165, 1.54) is 0 Å². The fourth-order valence-corrected chi connectivity index (χ4v) is 7.38. The van der Waals surface area contributed by atoms with Crippen molar-refractivity contribution in [2.45, 2.75) is 0 Å². The fourth-order valence-electron chi connectivity index (χ4n) is 7.38. The largest absolute Gasteiger partial charge is 0.488 e. The molecule has 0 bridgehead atoms. The Kier molecular flexibility index (Phi) is 12.2. The van der Waals surface area contributed by atoms with E-state index in [2.05, 4.69) is 97.1 Å². The summed E-state index contributed by atoms with van der Waals surface area (Å²) in [6, 6.07) is 78.9. The third kappa shape index (κ3) is 9.61. The molecule has 0 radical (unpaired) electrons. The molecule has 2 heterocycles. The van der Waals surface area contributed by atoms with Crippen molar-refractivity contribution in [3.8, 4) is 90.1 Å². The van der Waals surface area contributed by atoms with E-state index in [0.29, 0.717) is 11.3 Å². The van der Waals surface area contributed by atoms with Gasteiger partial charge in [0.1, 0.15) is 0 Å². The molecule has 2 aromatic heterocycles. The first kappa shape index (κ1) is 40.3. The number of benzene rings is 8. The highest BCUT2D eigenvalue weighted by atomic mass is 16.4. The van der Waals surface area contributed by atoms with Gasteiger partial charge in [0.05, 0.1) is 22.8 Å². The molecule has 0 aliphatic heterocycles. The van der Waals surface area contributed by atoms with Gasteiger partial charge >= 0.3 is 7.12 Å². The van der Waals surface area contributed by atoms with Gasteiger partial charge in [0, 0.05) is 33.4 Å². The van der Waals surface area contributed by atoms with Crippen molar-refractivity contribution in [2.75, 3.05) is 0 Å². The summed E-state index contributed by atoms with van der Waals surface area (Å²) in [6.07, 6.45) is 0. The zero-order valence-corrected chi connectivity index (χ0v) is 34.3. The van der Waals surface area contributed by atoms with Gasteiger partial charge in [-0.2, -0.15) is 0 Å². The van der Waals surface area contributed by atoms with Gasteiger partial charge in [-0.25, -0.2) is 19.9 Å². The van der Waals surface area contributed by atoms with Crippen LogP contribution in [0, 0.1) is 0 Å². The maximum Gasteiger partial charge on any atom is 0.488 e. The Balaban J connectivity index is 0.000000161. The molecule has 10 rings (SSSR count). The summed E-state index contributed by atoms with van der Waals surface area (Å²) in [7, 11) is -1.46. The second kappa shape index (κ2) is 19.1. The van der Waals surface area contributed by atoms with Gasteiger partial charge < -0.3 is 10.0 Å². The predicted octanol–water partition coefficient (Wildman–Crippen LogP) is 12.0. The third-order valence-electron chi connectivity index (χ3n) is 10.7. The van der Waals surface area contributed by atoms with Crippen LogP contribution in [0.1, 0.15) is 0 Å². The molecule has 63 heavy (non-hydrogen) atoms. The molecular formula is C56H41BN4O2. The van der Waals surface area contributed by atoms with Crippen molar-refractivity contribution in [1.82, 2.24) is 19.9 Å². The average Bonchev–Trinajstić information content (AvgIpc) is 3.37. The SMILES string of the molecule is OB(O)c1ccc(-c2ccc(-c3nc(-c4ccccc4)cc(-c4ccccc4)n3)cc2)cc1.c1ccc(-c2cc(-c3ccccc3)nc(-c3ccccc3-c3ccccc3)n2)cc1. The summed E-state index contributed by atoms with van der Waals surface area (Å²) in [6.45, 7) is 0. The Morgan fingerprint density at radius 3 is 0.937 bits per heavy atom. The summed E-state index contributed by atoms with van der Waals surface area (Å²) in [5.41, 5.74) is 14.6. The summed E-state index contributed by atoms with van der Waals surface area (Å²) in [5, 5.41) is 18.6. The number of hydrogen-bond donors (Lipinski definition) is 2. The van der Waals surface area contributed by atoms with E-state index in [9.17, 15) is 10.0 Å². The van der Waals surface area contributed by atoms with E-state index >= 15 is 0 Å². The van der Waals surface area contributed by atoms with Crippen LogP contribution in [0.3, 0.4) is 0 Å². The maximum atomic E-state index is 9.30. The molecule has 0 amide bonds. The minimum absolute atomic E-state index is 0.468. The lowest BCUT2D eigenvalue weighted by atomic mass is 9.80. The highest BCUT2D eigenvalue weighted by Crippen LogP contribution is 2.34. The van der Waals surface area contributed by atoms with E-state index < -0.39 is 7.12 Å². The van der Waals surface area contributed by atoms with Gasteiger partial charge in [0.25, 0.3) is 0 Å². The molecule has 0 aliphatic rings. The Labute approximate surface area is 367 Å².